The zero-order chi connectivity index (χ0) is 15.5. The number of anilines is 1. The number of nitrogens with zero attached hydrogens (tertiary/aromatic N) is 1. The summed E-state index contributed by atoms with van der Waals surface area (Å²) in [5, 5.41) is 7.97. The summed E-state index contributed by atoms with van der Waals surface area (Å²) >= 11 is 3.55. The molecule has 0 amide bonds. The number of halogens is 1. The Morgan fingerprint density at radius 3 is 2.14 bits per heavy atom. The minimum atomic E-state index is 0.913. The van der Waals surface area contributed by atoms with Crippen LogP contribution in [0.1, 0.15) is 6.42 Å². The largest absolute Gasteiger partial charge is 0.384 e. The summed E-state index contributed by atoms with van der Waals surface area (Å²) in [4.78, 5) is 0. The number of rotatable bonds is 5. The van der Waals surface area contributed by atoms with Gasteiger partial charge in [0.25, 0.3) is 0 Å². The number of hydrogen-bond donors (Lipinski definition) is 1. The van der Waals surface area contributed by atoms with Gasteiger partial charge in [-0.05, 0) is 34.5 Å². The van der Waals surface area contributed by atoms with Gasteiger partial charge in [0.15, 0.2) is 0 Å². The van der Waals surface area contributed by atoms with Gasteiger partial charge in [0.05, 0.1) is 0 Å². The summed E-state index contributed by atoms with van der Waals surface area (Å²) in [5.74, 6) is 0. The van der Waals surface area contributed by atoms with Gasteiger partial charge in [0.1, 0.15) is 0 Å². The van der Waals surface area contributed by atoms with Crippen molar-refractivity contribution in [2.24, 2.45) is 0 Å². The maximum Gasteiger partial charge on any atom is 0.0484 e. The molecule has 0 fully saturated rings. The predicted octanol–water partition coefficient (Wildman–Crippen LogP) is 3.73. The third kappa shape index (κ3) is 2.81. The molecule has 0 aliphatic carbocycles. The van der Waals surface area contributed by atoms with Crippen LogP contribution in [0, 0.1) is 0 Å². The molecule has 0 spiro atoms. The molecule has 0 bridgehead atoms. The first-order valence-electron chi connectivity index (χ1n) is 7.42. The molecule has 3 heteroatoms. The number of hydrogen-bond acceptors (Lipinski definition) is 1. The zero-order valence-corrected chi connectivity index (χ0v) is 14.1. The van der Waals surface area contributed by atoms with Gasteiger partial charge < -0.3 is 9.88 Å². The first kappa shape index (κ1) is 14.9. The second kappa shape index (κ2) is 6.41. The van der Waals surface area contributed by atoms with Gasteiger partial charge in [-0.15, -0.1) is 0 Å². The van der Waals surface area contributed by atoms with E-state index >= 15 is 0 Å². The zero-order valence-electron chi connectivity index (χ0n) is 12.5. The Balaban J connectivity index is 1.69. The molecule has 0 unspecified atom stereocenters. The average Bonchev–Trinajstić information content (AvgIpc) is 2.78. The number of benzene rings is 2. The molecule has 0 aliphatic rings. The van der Waals surface area contributed by atoms with Gasteiger partial charge in [0.2, 0.25) is 0 Å². The molecule has 22 heavy (non-hydrogen) atoms. The Morgan fingerprint density at radius 2 is 1.50 bits per heavy atom. The molecule has 2 aromatic carbocycles. The lowest BCUT2D eigenvalue weighted by Crippen LogP contribution is -2.26. The Bertz CT molecular complexity index is 848. The Kier molecular flexibility index (Phi) is 4.34. The minimum Gasteiger partial charge on any atom is -0.384 e. The summed E-state index contributed by atoms with van der Waals surface area (Å²) in [7, 11) is 0. The third-order valence-corrected chi connectivity index (χ3v) is 4.64. The monoisotopic (exact) mass is 354 g/mol. The molecule has 3 aromatic rings. The van der Waals surface area contributed by atoms with Crippen molar-refractivity contribution in [1.29, 1.82) is 0 Å². The third-order valence-electron chi connectivity index (χ3n) is 3.95. The summed E-state index contributed by atoms with van der Waals surface area (Å²) in [6, 6.07) is 16.5. The van der Waals surface area contributed by atoms with Crippen LogP contribution >= 0.6 is 15.9 Å². The molecule has 0 saturated heterocycles. The van der Waals surface area contributed by atoms with Crippen LogP contribution in [0.2, 0.25) is 0 Å². The molecule has 1 aromatic heterocycles. The van der Waals surface area contributed by atoms with Crippen LogP contribution in [0.4, 0.5) is 5.69 Å². The Hall–Kier alpha value is -2.00. The van der Waals surface area contributed by atoms with Gasteiger partial charge >= 0.3 is 0 Å². The average molecular weight is 355 g/mol. The predicted molar refractivity (Wildman–Crippen MR) is 99.5 cm³/mol. The van der Waals surface area contributed by atoms with E-state index < -0.39 is 0 Å². The molecular weight excluding hydrogens is 336 g/mol. The number of para-hydroxylation sites is 1. The van der Waals surface area contributed by atoms with Crippen LogP contribution in [-0.4, -0.2) is 11.1 Å². The van der Waals surface area contributed by atoms with Gasteiger partial charge in [-0.3, -0.25) is 0 Å². The lowest BCUT2D eigenvalue weighted by molar-refractivity contribution is 0.641. The number of fused-ring (bicyclic) bond motifs is 1. The Labute approximate surface area is 138 Å². The van der Waals surface area contributed by atoms with E-state index in [1.807, 2.05) is 18.2 Å². The highest BCUT2D eigenvalue weighted by Gasteiger charge is 2.04. The molecule has 112 valence electrons. The smallest absolute Gasteiger partial charge is 0.0484 e. The van der Waals surface area contributed by atoms with E-state index in [9.17, 15) is 0 Å². The van der Waals surface area contributed by atoms with E-state index in [4.69, 9.17) is 0 Å². The first-order valence-corrected chi connectivity index (χ1v) is 8.21. The molecule has 2 nitrogen and oxygen atoms in total. The maximum atomic E-state index is 4.22. The molecule has 3 rings (SSSR count). The second-order valence-corrected chi connectivity index (χ2v) is 6.21. The van der Waals surface area contributed by atoms with Crippen molar-refractivity contribution in [1.82, 2.24) is 4.57 Å². The number of aromatic nitrogens is 1. The van der Waals surface area contributed by atoms with Crippen molar-refractivity contribution < 1.29 is 0 Å². The topological polar surface area (TPSA) is 17.0 Å². The van der Waals surface area contributed by atoms with E-state index in [1.54, 1.807) is 0 Å². The van der Waals surface area contributed by atoms with Crippen molar-refractivity contribution in [3.8, 4) is 0 Å². The highest BCUT2D eigenvalue weighted by Crippen LogP contribution is 2.20. The van der Waals surface area contributed by atoms with Crippen LogP contribution in [-0.2, 0) is 6.54 Å². The molecule has 1 N–H and O–H groups in total. The summed E-state index contributed by atoms with van der Waals surface area (Å²) in [5.41, 5.74) is 1.13. The fraction of sp³-hybridized carbons (Fsp3) is 0.158. The van der Waals surface area contributed by atoms with Crippen LogP contribution in [0.15, 0.2) is 53.0 Å². The van der Waals surface area contributed by atoms with Crippen molar-refractivity contribution in [3.63, 3.8) is 0 Å². The van der Waals surface area contributed by atoms with E-state index in [1.165, 1.54) is 10.8 Å². The molecular formula is C19H19BrN2. The first-order chi connectivity index (χ1) is 10.7. The SMILES string of the molecule is C=c1c2ccccc2c(=C)n1CCCNc1ccccc1Br. The lowest BCUT2D eigenvalue weighted by Gasteiger charge is -2.09. The second-order valence-electron chi connectivity index (χ2n) is 5.35. The van der Waals surface area contributed by atoms with Crippen molar-refractivity contribution in [2.75, 3.05) is 11.9 Å². The van der Waals surface area contributed by atoms with E-state index in [2.05, 4.69) is 69.3 Å². The van der Waals surface area contributed by atoms with Gasteiger partial charge in [-0.25, -0.2) is 0 Å². The van der Waals surface area contributed by atoms with Gasteiger partial charge in [-0.1, -0.05) is 49.6 Å². The van der Waals surface area contributed by atoms with Crippen molar-refractivity contribution >= 4 is 45.5 Å². The standard InChI is InChI=1S/C19H19BrN2/c1-14-16-8-3-4-9-17(16)15(2)22(14)13-7-12-21-19-11-6-5-10-18(19)20/h3-6,8-11,21H,1-2,7,12-13H2. The van der Waals surface area contributed by atoms with Gasteiger partial charge in [0, 0.05) is 44.7 Å². The quantitative estimate of drug-likeness (QED) is 0.690. The normalized spacial score (nSPS) is 11.0. The molecule has 0 aliphatic heterocycles. The molecule has 1 heterocycles. The summed E-state index contributed by atoms with van der Waals surface area (Å²) < 4.78 is 3.31. The lowest BCUT2D eigenvalue weighted by atomic mass is 10.2. The summed E-state index contributed by atoms with van der Waals surface area (Å²) in [6.07, 6.45) is 1.02. The van der Waals surface area contributed by atoms with E-state index in [0.717, 1.165) is 40.4 Å². The van der Waals surface area contributed by atoms with E-state index in [0.29, 0.717) is 0 Å². The summed E-state index contributed by atoms with van der Waals surface area (Å²) in [6.45, 7) is 10.3. The Morgan fingerprint density at radius 1 is 0.909 bits per heavy atom. The van der Waals surface area contributed by atoms with Crippen molar-refractivity contribution in [3.05, 3.63) is 63.7 Å². The van der Waals surface area contributed by atoms with E-state index in [-0.39, 0.29) is 0 Å². The van der Waals surface area contributed by atoms with Crippen LogP contribution in [0.3, 0.4) is 0 Å². The van der Waals surface area contributed by atoms with Crippen LogP contribution < -0.4 is 16.0 Å². The van der Waals surface area contributed by atoms with Crippen molar-refractivity contribution in [2.45, 2.75) is 13.0 Å². The molecule has 0 atom stereocenters. The number of nitrogens with one attached hydrogen (secondary N) is 1. The molecule has 0 radical (unpaired) electrons. The fourth-order valence-electron chi connectivity index (χ4n) is 2.77. The van der Waals surface area contributed by atoms with Gasteiger partial charge in [-0.2, -0.15) is 0 Å². The molecule has 0 saturated carbocycles. The minimum absolute atomic E-state index is 0.913. The highest BCUT2D eigenvalue weighted by molar-refractivity contribution is 9.10. The van der Waals surface area contributed by atoms with Crippen LogP contribution in [0.25, 0.3) is 23.9 Å². The van der Waals surface area contributed by atoms with Crippen LogP contribution in [0.5, 0.6) is 0 Å². The maximum absolute atomic E-state index is 4.22. The highest BCUT2D eigenvalue weighted by atomic mass is 79.9. The fourth-order valence-corrected chi connectivity index (χ4v) is 3.20.